The molecule has 34 heavy (non-hydrogen) atoms. The summed E-state index contributed by atoms with van der Waals surface area (Å²) < 4.78 is 6.08. The van der Waals surface area contributed by atoms with Crippen molar-refractivity contribution in [2.45, 2.75) is 39.7 Å². The summed E-state index contributed by atoms with van der Waals surface area (Å²) in [6, 6.07) is 22.8. The second-order valence-corrected chi connectivity index (χ2v) is 10.6. The third kappa shape index (κ3) is 4.97. The molecule has 3 aromatic carbocycles. The van der Waals surface area contributed by atoms with Gasteiger partial charge in [0.25, 0.3) is 5.91 Å². The Kier molecular flexibility index (Phi) is 6.60. The van der Waals surface area contributed by atoms with Gasteiger partial charge in [0, 0.05) is 37.3 Å². The van der Waals surface area contributed by atoms with Gasteiger partial charge in [-0.1, -0.05) is 62.4 Å². The first-order valence-corrected chi connectivity index (χ1v) is 12.7. The third-order valence-corrected chi connectivity index (χ3v) is 7.56. The van der Waals surface area contributed by atoms with E-state index in [1.807, 2.05) is 24.3 Å². The molecule has 0 N–H and O–H groups in total. The van der Waals surface area contributed by atoms with Crippen LogP contribution < -0.4 is 4.74 Å². The van der Waals surface area contributed by atoms with E-state index >= 15 is 0 Å². The molecule has 0 radical (unpaired) electrons. The number of rotatable bonds is 6. The molecule has 1 spiro atoms. The molecule has 2 aliphatic rings. The molecule has 0 unspecified atom stereocenters. The van der Waals surface area contributed by atoms with Crippen LogP contribution in [0.3, 0.4) is 0 Å². The smallest absolute Gasteiger partial charge is 0.253 e. The van der Waals surface area contributed by atoms with Crippen molar-refractivity contribution in [1.29, 1.82) is 0 Å². The minimum absolute atomic E-state index is 0.173. The maximum absolute atomic E-state index is 13.2. The Hall–Kier alpha value is -2.85. The largest absolute Gasteiger partial charge is 0.493 e. The van der Waals surface area contributed by atoms with Crippen LogP contribution in [0.4, 0.5) is 0 Å². The van der Waals surface area contributed by atoms with Gasteiger partial charge in [-0.2, -0.15) is 0 Å². The van der Waals surface area contributed by atoms with E-state index < -0.39 is 0 Å². The lowest BCUT2D eigenvalue weighted by Crippen LogP contribution is -2.44. The normalized spacial score (nSPS) is 18.1. The first kappa shape index (κ1) is 22.9. The highest BCUT2D eigenvalue weighted by Crippen LogP contribution is 2.41. The van der Waals surface area contributed by atoms with E-state index in [-0.39, 0.29) is 5.91 Å². The first-order chi connectivity index (χ1) is 16.5. The number of nitrogens with zero attached hydrogens (tertiary/aromatic N) is 2. The fourth-order valence-electron chi connectivity index (χ4n) is 5.53. The monoisotopic (exact) mass is 456 g/mol. The molecule has 4 heteroatoms. The molecule has 2 fully saturated rings. The topological polar surface area (TPSA) is 32.8 Å². The molecular formula is C30H36N2O2. The molecule has 178 valence electrons. The minimum atomic E-state index is 0.173. The van der Waals surface area contributed by atoms with Crippen LogP contribution in [0.5, 0.6) is 5.75 Å². The van der Waals surface area contributed by atoms with Crippen molar-refractivity contribution in [3.63, 3.8) is 0 Å². The maximum atomic E-state index is 13.2. The quantitative estimate of drug-likeness (QED) is 0.456. The first-order valence-electron chi connectivity index (χ1n) is 12.7. The summed E-state index contributed by atoms with van der Waals surface area (Å²) in [5.41, 5.74) is 2.43. The standard InChI is InChI=1S/C30H36N2O2/c1-23(2)21-34-28-10-6-5-9-27(28)20-31-16-13-30(22-31)14-17-32(18-15-30)29(33)26-12-11-24-7-3-4-8-25(24)19-26/h3-12,19,23H,13-18,20-22H2,1-2H3. The van der Waals surface area contributed by atoms with Crippen LogP contribution >= 0.6 is 0 Å². The van der Waals surface area contributed by atoms with E-state index in [0.29, 0.717) is 11.3 Å². The van der Waals surface area contributed by atoms with Gasteiger partial charge in [0.05, 0.1) is 6.61 Å². The molecule has 3 aromatic rings. The Balaban J connectivity index is 1.18. The van der Waals surface area contributed by atoms with Gasteiger partial charge >= 0.3 is 0 Å². The SMILES string of the molecule is CC(C)COc1ccccc1CN1CCC2(CCN(C(=O)c3ccc4ccccc4c3)CC2)C1. The van der Waals surface area contributed by atoms with Crippen molar-refractivity contribution in [1.82, 2.24) is 9.80 Å². The van der Waals surface area contributed by atoms with Crippen molar-refractivity contribution in [3.8, 4) is 5.75 Å². The number of piperidine rings is 1. The highest BCUT2D eigenvalue weighted by atomic mass is 16.5. The molecule has 1 amide bonds. The zero-order chi connectivity index (χ0) is 23.5. The number of fused-ring (bicyclic) bond motifs is 1. The van der Waals surface area contributed by atoms with Crippen molar-refractivity contribution >= 4 is 16.7 Å². The van der Waals surface area contributed by atoms with Gasteiger partial charge in [-0.15, -0.1) is 0 Å². The zero-order valence-corrected chi connectivity index (χ0v) is 20.5. The predicted molar refractivity (Wildman–Crippen MR) is 138 cm³/mol. The molecule has 2 saturated heterocycles. The van der Waals surface area contributed by atoms with Gasteiger partial charge in [0.1, 0.15) is 5.75 Å². The average Bonchev–Trinajstić information content (AvgIpc) is 3.25. The lowest BCUT2D eigenvalue weighted by atomic mass is 9.77. The van der Waals surface area contributed by atoms with Gasteiger partial charge in [-0.05, 0) is 66.1 Å². The number of likely N-dealkylation sites (tertiary alicyclic amines) is 2. The summed E-state index contributed by atoms with van der Waals surface area (Å²) >= 11 is 0. The molecule has 2 aliphatic heterocycles. The summed E-state index contributed by atoms with van der Waals surface area (Å²) in [5.74, 6) is 1.71. The van der Waals surface area contributed by atoms with E-state index in [9.17, 15) is 4.79 Å². The maximum Gasteiger partial charge on any atom is 0.253 e. The van der Waals surface area contributed by atoms with Gasteiger partial charge in [0.15, 0.2) is 0 Å². The fourth-order valence-corrected chi connectivity index (χ4v) is 5.53. The van der Waals surface area contributed by atoms with Gasteiger partial charge < -0.3 is 9.64 Å². The highest BCUT2D eigenvalue weighted by Gasteiger charge is 2.41. The number of carbonyl (C=O) groups is 1. The van der Waals surface area contributed by atoms with Crippen molar-refractivity contribution in [2.75, 3.05) is 32.8 Å². The van der Waals surface area contributed by atoms with Crippen molar-refractivity contribution in [2.24, 2.45) is 11.3 Å². The number of amides is 1. The molecule has 5 rings (SSSR count). The van der Waals surface area contributed by atoms with Crippen LogP contribution in [0, 0.1) is 11.3 Å². The van der Waals surface area contributed by atoms with Crippen LogP contribution in [0.15, 0.2) is 66.7 Å². The number of hydrogen-bond donors (Lipinski definition) is 0. The Morgan fingerprint density at radius 3 is 2.41 bits per heavy atom. The van der Waals surface area contributed by atoms with E-state index in [1.54, 1.807) is 0 Å². The number of ether oxygens (including phenoxy) is 1. The lowest BCUT2D eigenvalue weighted by Gasteiger charge is -2.39. The molecule has 0 aliphatic carbocycles. The fraction of sp³-hybridized carbons (Fsp3) is 0.433. The van der Waals surface area contributed by atoms with Crippen molar-refractivity contribution < 1.29 is 9.53 Å². The van der Waals surface area contributed by atoms with Crippen LogP contribution in [0.1, 0.15) is 49.0 Å². The van der Waals surface area contributed by atoms with Crippen LogP contribution in [-0.2, 0) is 6.54 Å². The molecule has 0 saturated carbocycles. The Morgan fingerprint density at radius 2 is 1.62 bits per heavy atom. The lowest BCUT2D eigenvalue weighted by molar-refractivity contribution is 0.0587. The molecular weight excluding hydrogens is 420 g/mol. The molecule has 0 aromatic heterocycles. The van der Waals surface area contributed by atoms with Gasteiger partial charge in [-0.3, -0.25) is 9.69 Å². The predicted octanol–water partition coefficient (Wildman–Crippen LogP) is 6.00. The van der Waals surface area contributed by atoms with Crippen LogP contribution in [-0.4, -0.2) is 48.5 Å². The summed E-state index contributed by atoms with van der Waals surface area (Å²) in [4.78, 5) is 17.8. The summed E-state index contributed by atoms with van der Waals surface area (Å²) in [5, 5.41) is 2.31. The number of benzene rings is 3. The zero-order valence-electron chi connectivity index (χ0n) is 20.5. The van der Waals surface area contributed by atoms with Crippen LogP contribution in [0.2, 0.25) is 0 Å². The van der Waals surface area contributed by atoms with E-state index in [1.165, 1.54) is 17.4 Å². The van der Waals surface area contributed by atoms with E-state index in [2.05, 4.69) is 66.1 Å². The highest BCUT2D eigenvalue weighted by molar-refractivity contribution is 5.98. The van der Waals surface area contributed by atoms with Crippen LogP contribution in [0.25, 0.3) is 10.8 Å². The molecule has 2 heterocycles. The van der Waals surface area contributed by atoms with E-state index in [0.717, 1.165) is 68.9 Å². The van der Waals surface area contributed by atoms with Gasteiger partial charge in [0.2, 0.25) is 0 Å². The van der Waals surface area contributed by atoms with E-state index in [4.69, 9.17) is 4.74 Å². The molecule has 0 atom stereocenters. The summed E-state index contributed by atoms with van der Waals surface area (Å²) in [6.45, 7) is 10.0. The van der Waals surface area contributed by atoms with Crippen molar-refractivity contribution in [3.05, 3.63) is 77.9 Å². The number of carbonyl (C=O) groups excluding carboxylic acids is 1. The Morgan fingerprint density at radius 1 is 0.912 bits per heavy atom. The number of hydrogen-bond acceptors (Lipinski definition) is 3. The third-order valence-electron chi connectivity index (χ3n) is 7.56. The Labute approximate surface area is 203 Å². The second kappa shape index (κ2) is 9.79. The molecule has 4 nitrogen and oxygen atoms in total. The number of para-hydroxylation sites is 1. The summed E-state index contributed by atoms with van der Waals surface area (Å²) in [7, 11) is 0. The molecule has 0 bridgehead atoms. The Bertz CT molecular complexity index is 1150. The second-order valence-electron chi connectivity index (χ2n) is 10.6. The summed E-state index contributed by atoms with van der Waals surface area (Å²) in [6.07, 6.45) is 3.41. The minimum Gasteiger partial charge on any atom is -0.493 e. The van der Waals surface area contributed by atoms with Gasteiger partial charge in [-0.25, -0.2) is 0 Å². The average molecular weight is 457 g/mol.